The van der Waals surface area contributed by atoms with Crippen molar-refractivity contribution in [3.05, 3.63) is 66.4 Å². The van der Waals surface area contributed by atoms with Crippen molar-refractivity contribution >= 4 is 33.6 Å². The SMILES string of the molecule is NCc1cc2cc(-c3cccc(N4CCOCC4)c3)cc(Cn3cnc4c(N)ncnc43)c2[nH]1. The summed E-state index contributed by atoms with van der Waals surface area (Å²) in [5.74, 6) is 0.382. The van der Waals surface area contributed by atoms with Gasteiger partial charge in [0.25, 0.3) is 0 Å². The molecule has 5 aromatic rings. The molecule has 0 atom stereocenters. The maximum Gasteiger partial charge on any atom is 0.165 e. The number of anilines is 2. The van der Waals surface area contributed by atoms with Gasteiger partial charge in [0.15, 0.2) is 11.5 Å². The molecule has 34 heavy (non-hydrogen) atoms. The standard InChI is InChI=1S/C25H26N8O/c26-12-20-10-18-8-17(16-2-1-3-21(11-16)32-4-6-34-7-5-32)9-19(22(18)31-20)13-33-15-30-23-24(27)28-14-29-25(23)33/h1-3,8-11,14-15,31H,4-7,12-13,26H2,(H2,27,28,29). The second kappa shape index (κ2) is 8.44. The maximum absolute atomic E-state index is 5.99. The number of nitrogen functional groups attached to an aromatic ring is 1. The van der Waals surface area contributed by atoms with Gasteiger partial charge < -0.3 is 30.7 Å². The molecule has 0 bridgehead atoms. The van der Waals surface area contributed by atoms with Crippen LogP contribution in [0.5, 0.6) is 0 Å². The van der Waals surface area contributed by atoms with E-state index in [1.165, 1.54) is 17.6 Å². The second-order valence-electron chi connectivity index (χ2n) is 8.55. The molecule has 1 fully saturated rings. The molecule has 1 saturated heterocycles. The van der Waals surface area contributed by atoms with Crippen molar-refractivity contribution in [2.24, 2.45) is 5.73 Å². The Hall–Kier alpha value is -3.95. The molecule has 9 heteroatoms. The minimum Gasteiger partial charge on any atom is -0.382 e. The minimum absolute atomic E-state index is 0.382. The lowest BCUT2D eigenvalue weighted by molar-refractivity contribution is 0.122. The summed E-state index contributed by atoms with van der Waals surface area (Å²) < 4.78 is 7.52. The zero-order valence-corrected chi connectivity index (χ0v) is 18.7. The number of fused-ring (bicyclic) bond motifs is 2. The Bertz CT molecular complexity index is 1480. The molecule has 0 saturated carbocycles. The predicted molar refractivity (Wildman–Crippen MR) is 133 cm³/mol. The third kappa shape index (κ3) is 3.64. The number of nitrogens with one attached hydrogen (secondary N) is 1. The highest BCUT2D eigenvalue weighted by Crippen LogP contribution is 2.31. The number of nitrogens with zero attached hydrogens (tertiary/aromatic N) is 5. The van der Waals surface area contributed by atoms with Gasteiger partial charge in [-0.05, 0) is 47.0 Å². The molecule has 0 spiro atoms. The van der Waals surface area contributed by atoms with Crippen molar-refractivity contribution in [1.82, 2.24) is 24.5 Å². The van der Waals surface area contributed by atoms with Crippen molar-refractivity contribution in [3.8, 4) is 11.1 Å². The van der Waals surface area contributed by atoms with Crippen LogP contribution in [0, 0.1) is 0 Å². The van der Waals surface area contributed by atoms with E-state index in [2.05, 4.69) is 67.3 Å². The van der Waals surface area contributed by atoms with Crippen molar-refractivity contribution in [2.45, 2.75) is 13.1 Å². The van der Waals surface area contributed by atoms with Gasteiger partial charge in [0.1, 0.15) is 11.8 Å². The lowest BCUT2D eigenvalue weighted by Crippen LogP contribution is -2.36. The molecule has 5 N–H and O–H groups in total. The largest absolute Gasteiger partial charge is 0.382 e. The van der Waals surface area contributed by atoms with Crippen molar-refractivity contribution in [1.29, 1.82) is 0 Å². The average molecular weight is 455 g/mol. The molecule has 1 aliphatic rings. The molecule has 3 aromatic heterocycles. The quantitative estimate of drug-likeness (QED) is 0.373. The van der Waals surface area contributed by atoms with Gasteiger partial charge in [-0.2, -0.15) is 0 Å². The first-order valence-electron chi connectivity index (χ1n) is 11.4. The zero-order valence-electron chi connectivity index (χ0n) is 18.7. The van der Waals surface area contributed by atoms with Crippen LogP contribution in [0.25, 0.3) is 33.2 Å². The van der Waals surface area contributed by atoms with E-state index in [4.69, 9.17) is 16.2 Å². The number of aromatic nitrogens is 5. The molecular formula is C25H26N8O. The smallest absolute Gasteiger partial charge is 0.165 e. The zero-order chi connectivity index (χ0) is 23.1. The van der Waals surface area contributed by atoms with Gasteiger partial charge in [0.2, 0.25) is 0 Å². The predicted octanol–water partition coefficient (Wildman–Crippen LogP) is 2.90. The van der Waals surface area contributed by atoms with Crippen molar-refractivity contribution in [2.75, 3.05) is 36.9 Å². The maximum atomic E-state index is 5.99. The normalized spacial score (nSPS) is 14.3. The third-order valence-electron chi connectivity index (χ3n) is 6.41. The van der Waals surface area contributed by atoms with E-state index >= 15 is 0 Å². The van der Waals surface area contributed by atoms with E-state index < -0.39 is 0 Å². The van der Waals surface area contributed by atoms with Crippen LogP contribution in [-0.4, -0.2) is 50.8 Å². The molecule has 0 radical (unpaired) electrons. The van der Waals surface area contributed by atoms with Crippen molar-refractivity contribution in [3.63, 3.8) is 0 Å². The van der Waals surface area contributed by atoms with Crippen LogP contribution in [-0.2, 0) is 17.8 Å². The molecule has 1 aliphatic heterocycles. The van der Waals surface area contributed by atoms with Crippen molar-refractivity contribution < 1.29 is 4.74 Å². The number of H-pyrrole nitrogens is 1. The summed E-state index contributed by atoms with van der Waals surface area (Å²) in [6.45, 7) is 4.38. The monoisotopic (exact) mass is 454 g/mol. The highest BCUT2D eigenvalue weighted by atomic mass is 16.5. The van der Waals surface area contributed by atoms with E-state index in [1.807, 2.05) is 4.57 Å². The van der Waals surface area contributed by atoms with Crippen LogP contribution in [0.1, 0.15) is 11.3 Å². The molecule has 0 unspecified atom stereocenters. The Labute approximate surface area is 196 Å². The number of aromatic amines is 1. The van der Waals surface area contributed by atoms with Crippen LogP contribution in [0.2, 0.25) is 0 Å². The van der Waals surface area contributed by atoms with E-state index in [9.17, 15) is 0 Å². The molecule has 0 amide bonds. The first-order valence-corrected chi connectivity index (χ1v) is 11.4. The minimum atomic E-state index is 0.382. The number of rotatable bonds is 5. The van der Waals surface area contributed by atoms with Crippen LogP contribution >= 0.6 is 0 Å². The Morgan fingerprint density at radius 3 is 2.74 bits per heavy atom. The summed E-state index contributed by atoms with van der Waals surface area (Å²) >= 11 is 0. The van der Waals surface area contributed by atoms with Gasteiger partial charge in [0, 0.05) is 36.4 Å². The van der Waals surface area contributed by atoms with Gasteiger partial charge in [-0.25, -0.2) is 15.0 Å². The number of ether oxygens (including phenoxy) is 1. The molecular weight excluding hydrogens is 428 g/mol. The highest BCUT2D eigenvalue weighted by Gasteiger charge is 2.15. The fourth-order valence-corrected chi connectivity index (χ4v) is 4.68. The second-order valence-corrected chi connectivity index (χ2v) is 8.55. The van der Waals surface area contributed by atoms with Crippen LogP contribution in [0.15, 0.2) is 55.1 Å². The molecule has 9 nitrogen and oxygen atoms in total. The fraction of sp³-hybridized carbons (Fsp3) is 0.240. The molecule has 172 valence electrons. The van der Waals surface area contributed by atoms with Gasteiger partial charge >= 0.3 is 0 Å². The van der Waals surface area contributed by atoms with Crippen LogP contribution in [0.4, 0.5) is 11.5 Å². The summed E-state index contributed by atoms with van der Waals surface area (Å²) in [6, 6.07) is 15.3. The summed E-state index contributed by atoms with van der Waals surface area (Å²) in [7, 11) is 0. The summed E-state index contributed by atoms with van der Waals surface area (Å²) in [6.07, 6.45) is 3.24. The summed E-state index contributed by atoms with van der Waals surface area (Å²) in [4.78, 5) is 18.7. The third-order valence-corrected chi connectivity index (χ3v) is 6.41. The number of hydrogen-bond donors (Lipinski definition) is 3. The summed E-state index contributed by atoms with van der Waals surface area (Å²) in [5, 5.41) is 1.13. The number of nitrogens with two attached hydrogens (primary N) is 2. The lowest BCUT2D eigenvalue weighted by atomic mass is 9.99. The molecule has 6 rings (SSSR count). The first-order chi connectivity index (χ1) is 16.7. The van der Waals surface area contributed by atoms with E-state index in [0.717, 1.165) is 54.0 Å². The number of hydrogen-bond acceptors (Lipinski definition) is 7. The van der Waals surface area contributed by atoms with Gasteiger partial charge in [-0.15, -0.1) is 0 Å². The molecule has 2 aromatic carbocycles. The Balaban J connectivity index is 1.44. The van der Waals surface area contributed by atoms with E-state index in [-0.39, 0.29) is 0 Å². The van der Waals surface area contributed by atoms with Gasteiger partial charge in [-0.3, -0.25) is 0 Å². The summed E-state index contributed by atoms with van der Waals surface area (Å²) in [5.41, 5.74) is 20.0. The topological polar surface area (TPSA) is 124 Å². The fourth-order valence-electron chi connectivity index (χ4n) is 4.68. The molecule has 0 aliphatic carbocycles. The highest BCUT2D eigenvalue weighted by molar-refractivity contribution is 5.89. The molecule has 4 heterocycles. The van der Waals surface area contributed by atoms with Crippen LogP contribution in [0.3, 0.4) is 0 Å². The Morgan fingerprint density at radius 1 is 1.00 bits per heavy atom. The van der Waals surface area contributed by atoms with Gasteiger partial charge in [-0.1, -0.05) is 12.1 Å². The van der Waals surface area contributed by atoms with Crippen LogP contribution < -0.4 is 16.4 Å². The average Bonchev–Trinajstić information content (AvgIpc) is 3.50. The number of imidazole rings is 1. The Morgan fingerprint density at radius 2 is 1.88 bits per heavy atom. The van der Waals surface area contributed by atoms with E-state index in [0.29, 0.717) is 30.1 Å². The van der Waals surface area contributed by atoms with E-state index in [1.54, 1.807) is 6.33 Å². The number of benzene rings is 2. The first kappa shape index (κ1) is 20.6. The number of morpholine rings is 1. The van der Waals surface area contributed by atoms with Gasteiger partial charge in [0.05, 0.1) is 31.6 Å². The lowest BCUT2D eigenvalue weighted by Gasteiger charge is -2.29. The Kier molecular flexibility index (Phi) is 5.12.